The van der Waals surface area contributed by atoms with Crippen molar-refractivity contribution in [2.75, 3.05) is 13.1 Å². The Morgan fingerprint density at radius 1 is 1.50 bits per heavy atom. The molecule has 2 rings (SSSR count). The van der Waals surface area contributed by atoms with Gasteiger partial charge in [0.05, 0.1) is 5.02 Å². The Hall–Kier alpha value is -0.860. The van der Waals surface area contributed by atoms with Crippen LogP contribution in [-0.2, 0) is 0 Å². The quantitative estimate of drug-likeness (QED) is 0.767. The first-order valence-corrected chi connectivity index (χ1v) is 5.24. The molecule has 1 aromatic rings. The molecule has 0 unspecified atom stereocenters. The zero-order valence-corrected chi connectivity index (χ0v) is 8.72. The van der Waals surface area contributed by atoms with Crippen LogP contribution < -0.4 is 5.32 Å². The molecule has 74 valence electrons. The molecule has 0 aliphatic carbocycles. The highest BCUT2D eigenvalue weighted by Crippen LogP contribution is 2.19. The average molecular weight is 209 g/mol. The van der Waals surface area contributed by atoms with Gasteiger partial charge in [-0.3, -0.25) is 4.98 Å². The minimum atomic E-state index is 0.727. The highest BCUT2D eigenvalue weighted by molar-refractivity contribution is 6.31. The molecule has 0 bridgehead atoms. The SMILES string of the molecule is Clc1cnccc1/C=C1/CCCNC1. The molecular formula is C11H13ClN2. The van der Waals surface area contributed by atoms with Crippen molar-refractivity contribution in [2.45, 2.75) is 12.8 Å². The predicted molar refractivity (Wildman–Crippen MR) is 59.3 cm³/mol. The monoisotopic (exact) mass is 208 g/mol. The summed E-state index contributed by atoms with van der Waals surface area (Å²) in [5.74, 6) is 0. The van der Waals surface area contributed by atoms with Crippen LogP contribution in [0.3, 0.4) is 0 Å². The van der Waals surface area contributed by atoms with E-state index < -0.39 is 0 Å². The molecule has 1 fully saturated rings. The van der Waals surface area contributed by atoms with Crippen molar-refractivity contribution in [1.29, 1.82) is 0 Å². The molecule has 2 heterocycles. The highest BCUT2D eigenvalue weighted by atomic mass is 35.5. The maximum Gasteiger partial charge on any atom is 0.0661 e. The van der Waals surface area contributed by atoms with Crippen molar-refractivity contribution in [1.82, 2.24) is 10.3 Å². The van der Waals surface area contributed by atoms with Gasteiger partial charge < -0.3 is 5.32 Å². The Morgan fingerprint density at radius 2 is 2.43 bits per heavy atom. The van der Waals surface area contributed by atoms with E-state index >= 15 is 0 Å². The van der Waals surface area contributed by atoms with Crippen LogP contribution in [0.2, 0.25) is 5.02 Å². The van der Waals surface area contributed by atoms with Crippen LogP contribution in [0.5, 0.6) is 0 Å². The third-order valence-corrected chi connectivity index (χ3v) is 2.68. The van der Waals surface area contributed by atoms with Crippen molar-refractivity contribution in [3.63, 3.8) is 0 Å². The Bertz CT molecular complexity index is 339. The Balaban J connectivity index is 2.19. The number of nitrogens with zero attached hydrogens (tertiary/aromatic N) is 1. The van der Waals surface area contributed by atoms with Gasteiger partial charge in [0.1, 0.15) is 0 Å². The predicted octanol–water partition coefficient (Wildman–Crippen LogP) is 2.50. The molecule has 14 heavy (non-hydrogen) atoms. The Kier molecular flexibility index (Phi) is 3.17. The van der Waals surface area contributed by atoms with Gasteiger partial charge in [-0.25, -0.2) is 0 Å². The molecule has 1 aliphatic rings. The van der Waals surface area contributed by atoms with Gasteiger partial charge in [0.15, 0.2) is 0 Å². The number of piperidine rings is 1. The van der Waals surface area contributed by atoms with E-state index in [0.717, 1.165) is 23.7 Å². The van der Waals surface area contributed by atoms with E-state index in [9.17, 15) is 0 Å². The van der Waals surface area contributed by atoms with Gasteiger partial charge in [0.25, 0.3) is 0 Å². The summed E-state index contributed by atoms with van der Waals surface area (Å²) in [4.78, 5) is 3.96. The van der Waals surface area contributed by atoms with Gasteiger partial charge >= 0.3 is 0 Å². The summed E-state index contributed by atoms with van der Waals surface area (Å²) in [5, 5.41) is 4.07. The number of pyridine rings is 1. The van der Waals surface area contributed by atoms with Crippen molar-refractivity contribution in [3.05, 3.63) is 34.6 Å². The second-order valence-electron chi connectivity index (χ2n) is 3.48. The lowest BCUT2D eigenvalue weighted by Gasteiger charge is -2.15. The maximum atomic E-state index is 6.02. The highest BCUT2D eigenvalue weighted by Gasteiger charge is 2.05. The zero-order chi connectivity index (χ0) is 9.80. The number of halogens is 1. The van der Waals surface area contributed by atoms with Gasteiger partial charge in [-0.05, 0) is 31.0 Å². The van der Waals surface area contributed by atoms with E-state index in [1.807, 2.05) is 6.07 Å². The van der Waals surface area contributed by atoms with Crippen molar-refractivity contribution in [2.24, 2.45) is 0 Å². The molecule has 0 aromatic carbocycles. The first kappa shape index (κ1) is 9.69. The van der Waals surface area contributed by atoms with Crippen LogP contribution in [0, 0.1) is 0 Å². The topological polar surface area (TPSA) is 24.9 Å². The van der Waals surface area contributed by atoms with Gasteiger partial charge in [-0.1, -0.05) is 23.3 Å². The summed E-state index contributed by atoms with van der Waals surface area (Å²) in [6.07, 6.45) is 8.01. The van der Waals surface area contributed by atoms with Crippen LogP contribution >= 0.6 is 11.6 Å². The number of hydrogen-bond acceptors (Lipinski definition) is 2. The average Bonchev–Trinajstić information content (AvgIpc) is 2.23. The third-order valence-electron chi connectivity index (χ3n) is 2.37. The molecule has 0 amide bonds. The number of nitrogens with one attached hydrogen (secondary N) is 1. The summed E-state index contributed by atoms with van der Waals surface area (Å²) in [7, 11) is 0. The third kappa shape index (κ3) is 2.34. The first-order valence-electron chi connectivity index (χ1n) is 4.86. The first-order chi connectivity index (χ1) is 6.86. The Labute approximate surface area is 89.0 Å². The molecule has 1 N–H and O–H groups in total. The lowest BCUT2D eigenvalue weighted by Crippen LogP contribution is -2.23. The molecule has 1 aliphatic heterocycles. The Morgan fingerprint density at radius 3 is 3.14 bits per heavy atom. The fraction of sp³-hybridized carbons (Fsp3) is 0.364. The van der Waals surface area contributed by atoms with E-state index in [2.05, 4.69) is 16.4 Å². The summed E-state index contributed by atoms with van der Waals surface area (Å²) < 4.78 is 0. The van der Waals surface area contributed by atoms with Crippen LogP contribution in [0.4, 0.5) is 0 Å². The van der Waals surface area contributed by atoms with E-state index in [-0.39, 0.29) is 0 Å². The fourth-order valence-electron chi connectivity index (χ4n) is 1.62. The zero-order valence-electron chi connectivity index (χ0n) is 7.96. The van der Waals surface area contributed by atoms with Crippen molar-refractivity contribution >= 4 is 17.7 Å². The molecule has 0 radical (unpaired) electrons. The van der Waals surface area contributed by atoms with Crippen LogP contribution in [0.1, 0.15) is 18.4 Å². The molecule has 3 heteroatoms. The second-order valence-corrected chi connectivity index (χ2v) is 3.89. The molecular weight excluding hydrogens is 196 g/mol. The van der Waals surface area contributed by atoms with Gasteiger partial charge in [0, 0.05) is 18.9 Å². The number of hydrogen-bond donors (Lipinski definition) is 1. The molecule has 0 spiro atoms. The fourth-order valence-corrected chi connectivity index (χ4v) is 1.80. The molecule has 0 atom stereocenters. The lowest BCUT2D eigenvalue weighted by atomic mass is 10.0. The standard InChI is InChI=1S/C11H13ClN2/c12-11-8-14-5-3-10(11)6-9-2-1-4-13-7-9/h3,5-6,8,13H,1-2,4,7H2/b9-6-. The maximum absolute atomic E-state index is 6.02. The summed E-state index contributed by atoms with van der Waals surface area (Å²) in [6.45, 7) is 2.11. The van der Waals surface area contributed by atoms with E-state index in [1.165, 1.54) is 18.4 Å². The number of aromatic nitrogens is 1. The summed E-state index contributed by atoms with van der Waals surface area (Å²) >= 11 is 6.02. The largest absolute Gasteiger partial charge is 0.313 e. The molecule has 1 aromatic heterocycles. The van der Waals surface area contributed by atoms with E-state index in [0.29, 0.717) is 0 Å². The van der Waals surface area contributed by atoms with Crippen molar-refractivity contribution in [3.8, 4) is 0 Å². The van der Waals surface area contributed by atoms with Crippen molar-refractivity contribution < 1.29 is 0 Å². The minimum Gasteiger partial charge on any atom is -0.313 e. The summed E-state index contributed by atoms with van der Waals surface area (Å²) in [6, 6.07) is 1.95. The van der Waals surface area contributed by atoms with Crippen LogP contribution in [0.15, 0.2) is 24.0 Å². The molecule has 0 saturated carbocycles. The van der Waals surface area contributed by atoms with Crippen LogP contribution in [0.25, 0.3) is 6.08 Å². The number of rotatable bonds is 1. The van der Waals surface area contributed by atoms with E-state index in [4.69, 9.17) is 11.6 Å². The normalized spacial score (nSPS) is 19.9. The summed E-state index contributed by atoms with van der Waals surface area (Å²) in [5.41, 5.74) is 2.49. The lowest BCUT2D eigenvalue weighted by molar-refractivity contribution is 0.613. The smallest absolute Gasteiger partial charge is 0.0661 e. The van der Waals surface area contributed by atoms with Gasteiger partial charge in [0.2, 0.25) is 0 Å². The van der Waals surface area contributed by atoms with Crippen LogP contribution in [-0.4, -0.2) is 18.1 Å². The van der Waals surface area contributed by atoms with Gasteiger partial charge in [-0.2, -0.15) is 0 Å². The van der Waals surface area contributed by atoms with E-state index in [1.54, 1.807) is 12.4 Å². The minimum absolute atomic E-state index is 0.727. The molecule has 2 nitrogen and oxygen atoms in total. The molecule has 1 saturated heterocycles. The second kappa shape index (κ2) is 4.58. The van der Waals surface area contributed by atoms with Gasteiger partial charge in [-0.15, -0.1) is 0 Å².